The van der Waals surface area contributed by atoms with Crippen molar-refractivity contribution in [2.24, 2.45) is 5.41 Å². The van der Waals surface area contributed by atoms with Gasteiger partial charge in [0.2, 0.25) is 10.0 Å². The molecule has 0 saturated carbocycles. The standard InChI is InChI=1S/C16H26N2O2S/c1-16(2)9-4-10-18(13-16)21(19,20)12-15-7-5-14(6-8-15)11-17-3/h5-8,17H,4,9-13H2,1-3H3. The van der Waals surface area contributed by atoms with Gasteiger partial charge in [-0.05, 0) is 36.4 Å². The molecule has 1 heterocycles. The molecular formula is C16H26N2O2S. The highest BCUT2D eigenvalue weighted by Crippen LogP contribution is 2.30. The van der Waals surface area contributed by atoms with Gasteiger partial charge in [-0.25, -0.2) is 12.7 Å². The summed E-state index contributed by atoms with van der Waals surface area (Å²) in [6.07, 6.45) is 2.05. The van der Waals surface area contributed by atoms with Crippen LogP contribution in [-0.2, 0) is 22.3 Å². The molecular weight excluding hydrogens is 284 g/mol. The summed E-state index contributed by atoms with van der Waals surface area (Å²) in [7, 11) is -1.32. The Kier molecular flexibility index (Phi) is 5.07. The van der Waals surface area contributed by atoms with E-state index in [1.807, 2.05) is 31.3 Å². The summed E-state index contributed by atoms with van der Waals surface area (Å²) < 4.78 is 26.8. The topological polar surface area (TPSA) is 49.4 Å². The molecule has 21 heavy (non-hydrogen) atoms. The molecule has 2 rings (SSSR count). The Hall–Kier alpha value is -0.910. The highest BCUT2D eigenvalue weighted by atomic mass is 32.2. The molecule has 0 aromatic heterocycles. The average molecular weight is 310 g/mol. The fraction of sp³-hybridized carbons (Fsp3) is 0.625. The summed E-state index contributed by atoms with van der Waals surface area (Å²) in [5, 5.41) is 3.09. The van der Waals surface area contributed by atoms with E-state index in [0.717, 1.165) is 30.5 Å². The zero-order valence-corrected chi connectivity index (χ0v) is 14.0. The second-order valence-electron chi connectivity index (χ2n) is 6.70. The number of rotatable bonds is 5. The molecule has 0 spiro atoms. The number of benzene rings is 1. The van der Waals surface area contributed by atoms with E-state index >= 15 is 0 Å². The van der Waals surface area contributed by atoms with Crippen LogP contribution in [0.2, 0.25) is 0 Å². The third-order valence-electron chi connectivity index (χ3n) is 4.01. The van der Waals surface area contributed by atoms with E-state index in [9.17, 15) is 8.42 Å². The number of piperidine rings is 1. The largest absolute Gasteiger partial charge is 0.316 e. The Morgan fingerprint density at radius 2 is 1.81 bits per heavy atom. The summed E-state index contributed by atoms with van der Waals surface area (Å²) >= 11 is 0. The first-order chi connectivity index (χ1) is 9.82. The average Bonchev–Trinajstić information content (AvgIpc) is 2.40. The van der Waals surface area contributed by atoms with Gasteiger partial charge in [0.1, 0.15) is 0 Å². The van der Waals surface area contributed by atoms with Crippen molar-refractivity contribution >= 4 is 10.0 Å². The smallest absolute Gasteiger partial charge is 0.218 e. The van der Waals surface area contributed by atoms with Crippen molar-refractivity contribution in [1.82, 2.24) is 9.62 Å². The van der Waals surface area contributed by atoms with Gasteiger partial charge in [0.15, 0.2) is 0 Å². The molecule has 118 valence electrons. The monoisotopic (exact) mass is 310 g/mol. The minimum Gasteiger partial charge on any atom is -0.316 e. The van der Waals surface area contributed by atoms with Gasteiger partial charge >= 0.3 is 0 Å². The molecule has 0 atom stereocenters. The zero-order valence-electron chi connectivity index (χ0n) is 13.2. The fourth-order valence-electron chi connectivity index (χ4n) is 2.87. The molecule has 0 unspecified atom stereocenters. The van der Waals surface area contributed by atoms with Crippen LogP contribution < -0.4 is 5.32 Å². The first-order valence-corrected chi connectivity index (χ1v) is 9.14. The van der Waals surface area contributed by atoms with E-state index in [1.54, 1.807) is 4.31 Å². The second kappa shape index (κ2) is 6.46. The maximum Gasteiger partial charge on any atom is 0.218 e. The van der Waals surface area contributed by atoms with Gasteiger partial charge in [0.25, 0.3) is 0 Å². The number of nitrogens with one attached hydrogen (secondary N) is 1. The van der Waals surface area contributed by atoms with E-state index in [0.29, 0.717) is 13.1 Å². The Morgan fingerprint density at radius 3 is 2.38 bits per heavy atom. The third-order valence-corrected chi connectivity index (χ3v) is 5.81. The van der Waals surface area contributed by atoms with Gasteiger partial charge in [-0.15, -0.1) is 0 Å². The highest BCUT2D eigenvalue weighted by molar-refractivity contribution is 7.88. The van der Waals surface area contributed by atoms with E-state index in [4.69, 9.17) is 0 Å². The molecule has 1 aromatic carbocycles. The lowest BCUT2D eigenvalue weighted by Crippen LogP contribution is -2.43. The Balaban J connectivity index is 2.06. The van der Waals surface area contributed by atoms with Crippen LogP contribution in [0.25, 0.3) is 0 Å². The van der Waals surface area contributed by atoms with Gasteiger partial charge in [0.05, 0.1) is 5.75 Å². The van der Waals surface area contributed by atoms with Gasteiger partial charge in [-0.2, -0.15) is 0 Å². The molecule has 1 aliphatic rings. The minimum atomic E-state index is -3.21. The summed E-state index contributed by atoms with van der Waals surface area (Å²) in [5.41, 5.74) is 2.11. The van der Waals surface area contributed by atoms with Gasteiger partial charge in [0, 0.05) is 19.6 Å². The SMILES string of the molecule is CNCc1ccc(CS(=O)(=O)N2CCCC(C)(C)C2)cc1. The summed E-state index contributed by atoms with van der Waals surface area (Å²) in [4.78, 5) is 0. The fourth-order valence-corrected chi connectivity index (χ4v) is 4.62. The molecule has 5 heteroatoms. The van der Waals surface area contributed by atoms with Crippen LogP contribution in [0.3, 0.4) is 0 Å². The van der Waals surface area contributed by atoms with Crippen LogP contribution in [0.15, 0.2) is 24.3 Å². The lowest BCUT2D eigenvalue weighted by atomic mass is 9.85. The predicted octanol–water partition coefficient (Wildman–Crippen LogP) is 2.36. The maximum atomic E-state index is 12.6. The summed E-state index contributed by atoms with van der Waals surface area (Å²) in [6.45, 7) is 6.37. The Morgan fingerprint density at radius 1 is 1.19 bits per heavy atom. The number of hydrogen-bond acceptors (Lipinski definition) is 3. The molecule has 4 nitrogen and oxygen atoms in total. The molecule has 1 fully saturated rings. The Bertz CT molecular complexity index is 564. The summed E-state index contributed by atoms with van der Waals surface area (Å²) in [5.74, 6) is 0.100. The first kappa shape index (κ1) is 16.5. The van der Waals surface area contributed by atoms with Crippen LogP contribution in [0.4, 0.5) is 0 Å². The van der Waals surface area contributed by atoms with Gasteiger partial charge < -0.3 is 5.32 Å². The molecule has 0 radical (unpaired) electrons. The molecule has 0 bridgehead atoms. The van der Waals surface area contributed by atoms with Crippen LogP contribution >= 0.6 is 0 Å². The minimum absolute atomic E-state index is 0.0853. The van der Waals surface area contributed by atoms with E-state index < -0.39 is 10.0 Å². The molecule has 1 N–H and O–H groups in total. The van der Waals surface area contributed by atoms with Gasteiger partial charge in [-0.1, -0.05) is 38.1 Å². The van der Waals surface area contributed by atoms with Crippen molar-refractivity contribution in [3.05, 3.63) is 35.4 Å². The van der Waals surface area contributed by atoms with Crippen molar-refractivity contribution in [1.29, 1.82) is 0 Å². The van der Waals surface area contributed by atoms with E-state index in [2.05, 4.69) is 19.2 Å². The molecule has 1 aromatic rings. The quantitative estimate of drug-likeness (QED) is 0.908. The molecule has 1 saturated heterocycles. The van der Waals surface area contributed by atoms with Crippen molar-refractivity contribution in [3.63, 3.8) is 0 Å². The van der Waals surface area contributed by atoms with Crippen molar-refractivity contribution in [3.8, 4) is 0 Å². The van der Waals surface area contributed by atoms with Crippen LogP contribution in [-0.4, -0.2) is 32.9 Å². The molecule has 1 aliphatic heterocycles. The molecule has 0 aliphatic carbocycles. The number of hydrogen-bond donors (Lipinski definition) is 1. The van der Waals surface area contributed by atoms with Gasteiger partial charge in [-0.3, -0.25) is 0 Å². The van der Waals surface area contributed by atoms with E-state index in [1.165, 1.54) is 0 Å². The number of nitrogens with zero attached hydrogens (tertiary/aromatic N) is 1. The second-order valence-corrected chi connectivity index (χ2v) is 8.67. The summed E-state index contributed by atoms with van der Waals surface area (Å²) in [6, 6.07) is 7.81. The Labute approximate surface area is 128 Å². The zero-order chi connectivity index (χ0) is 15.5. The van der Waals surface area contributed by atoms with Crippen molar-refractivity contribution in [2.45, 2.75) is 39.0 Å². The van der Waals surface area contributed by atoms with Crippen molar-refractivity contribution in [2.75, 3.05) is 20.1 Å². The third kappa shape index (κ3) is 4.53. The lowest BCUT2D eigenvalue weighted by molar-refractivity contribution is 0.187. The molecule has 0 amide bonds. The maximum absolute atomic E-state index is 12.6. The van der Waals surface area contributed by atoms with E-state index in [-0.39, 0.29) is 11.2 Å². The first-order valence-electron chi connectivity index (χ1n) is 7.53. The normalized spacial score (nSPS) is 19.6. The van der Waals surface area contributed by atoms with Crippen LogP contribution in [0.1, 0.15) is 37.8 Å². The lowest BCUT2D eigenvalue weighted by Gasteiger charge is -2.37. The van der Waals surface area contributed by atoms with Crippen LogP contribution in [0, 0.1) is 5.41 Å². The van der Waals surface area contributed by atoms with Crippen molar-refractivity contribution < 1.29 is 8.42 Å². The predicted molar refractivity (Wildman–Crippen MR) is 86.4 cm³/mol. The number of sulfonamides is 1. The van der Waals surface area contributed by atoms with Crippen LogP contribution in [0.5, 0.6) is 0 Å². The highest BCUT2D eigenvalue weighted by Gasteiger charge is 2.33.